The fourth-order valence-corrected chi connectivity index (χ4v) is 3.18. The first-order valence-electron chi connectivity index (χ1n) is 6.56. The van der Waals surface area contributed by atoms with Crippen LogP contribution in [-0.2, 0) is 10.8 Å². The molecule has 0 aliphatic carbocycles. The molecule has 0 aromatic rings. The third-order valence-corrected chi connectivity index (χ3v) is 5.68. The Balaban J connectivity index is 2.44. The maximum Gasteiger partial charge on any atom is 0.156 e. The minimum atomic E-state index is -0.734. The molecule has 0 saturated carbocycles. The standard InChI is InChI=1S/C13H26N2OS2/c1-10(18(5)16)6-8-14-12-15-11(7-9-17-12)13(2,3)4/h10-11H,6-9H2,1-5H3,(H,14,15). The number of amidine groups is 1. The lowest BCUT2D eigenvalue weighted by Gasteiger charge is -2.35. The lowest BCUT2D eigenvalue weighted by Crippen LogP contribution is -2.46. The summed E-state index contributed by atoms with van der Waals surface area (Å²) in [6, 6.07) is 0.509. The zero-order valence-corrected chi connectivity index (χ0v) is 13.8. The molecule has 1 N–H and O–H groups in total. The first-order valence-corrected chi connectivity index (χ1v) is 9.17. The van der Waals surface area contributed by atoms with Crippen molar-refractivity contribution >= 4 is 27.7 Å². The van der Waals surface area contributed by atoms with E-state index in [1.807, 2.05) is 6.92 Å². The summed E-state index contributed by atoms with van der Waals surface area (Å²) in [5.74, 6) is 1.14. The Morgan fingerprint density at radius 3 is 2.78 bits per heavy atom. The van der Waals surface area contributed by atoms with Gasteiger partial charge in [0, 0.05) is 40.6 Å². The van der Waals surface area contributed by atoms with Gasteiger partial charge in [-0.15, -0.1) is 0 Å². The van der Waals surface area contributed by atoms with Crippen molar-refractivity contribution in [3.8, 4) is 0 Å². The molecule has 1 rings (SSSR count). The van der Waals surface area contributed by atoms with Gasteiger partial charge in [-0.05, 0) is 18.3 Å². The van der Waals surface area contributed by atoms with E-state index in [9.17, 15) is 4.21 Å². The number of nitrogens with zero attached hydrogens (tertiary/aromatic N) is 1. The van der Waals surface area contributed by atoms with Crippen LogP contribution >= 0.6 is 11.8 Å². The quantitative estimate of drug-likeness (QED) is 0.865. The Morgan fingerprint density at radius 1 is 1.56 bits per heavy atom. The van der Waals surface area contributed by atoms with Crippen LogP contribution in [0.1, 0.15) is 40.5 Å². The molecule has 0 aromatic heterocycles. The second kappa shape index (κ2) is 6.94. The lowest BCUT2D eigenvalue weighted by molar-refractivity contribution is 0.290. The van der Waals surface area contributed by atoms with Gasteiger partial charge in [-0.25, -0.2) is 0 Å². The van der Waals surface area contributed by atoms with Crippen LogP contribution in [0.4, 0.5) is 0 Å². The SMILES string of the molecule is CC(CCN=C1NC(C(C)(C)C)CCS1)S(C)=O. The van der Waals surface area contributed by atoms with Gasteiger partial charge in [0.15, 0.2) is 5.17 Å². The maximum atomic E-state index is 11.3. The monoisotopic (exact) mass is 290 g/mol. The van der Waals surface area contributed by atoms with E-state index in [2.05, 4.69) is 31.1 Å². The van der Waals surface area contributed by atoms with Crippen LogP contribution in [0.5, 0.6) is 0 Å². The molecule has 0 spiro atoms. The molecule has 1 aliphatic heterocycles. The number of hydrogen-bond acceptors (Lipinski definition) is 3. The Bertz CT molecular complexity index is 323. The summed E-state index contributed by atoms with van der Waals surface area (Å²) in [5.41, 5.74) is 0.278. The van der Waals surface area contributed by atoms with Gasteiger partial charge in [-0.2, -0.15) is 0 Å². The molecule has 0 radical (unpaired) electrons. The van der Waals surface area contributed by atoms with Crippen molar-refractivity contribution in [3.05, 3.63) is 0 Å². The summed E-state index contributed by atoms with van der Waals surface area (Å²) in [6.07, 6.45) is 3.86. The van der Waals surface area contributed by atoms with Gasteiger partial charge in [-0.3, -0.25) is 9.20 Å². The highest BCUT2D eigenvalue weighted by molar-refractivity contribution is 8.13. The van der Waals surface area contributed by atoms with Crippen molar-refractivity contribution in [2.75, 3.05) is 18.6 Å². The van der Waals surface area contributed by atoms with Gasteiger partial charge >= 0.3 is 0 Å². The molecule has 18 heavy (non-hydrogen) atoms. The first-order chi connectivity index (χ1) is 8.30. The fourth-order valence-electron chi connectivity index (χ4n) is 1.79. The van der Waals surface area contributed by atoms with Crippen molar-refractivity contribution < 1.29 is 4.21 Å². The van der Waals surface area contributed by atoms with Gasteiger partial charge in [0.1, 0.15) is 0 Å². The summed E-state index contributed by atoms with van der Waals surface area (Å²) in [5, 5.41) is 4.84. The van der Waals surface area contributed by atoms with Gasteiger partial charge in [0.25, 0.3) is 0 Å². The van der Waals surface area contributed by atoms with E-state index in [0.29, 0.717) is 6.04 Å². The van der Waals surface area contributed by atoms with Crippen LogP contribution in [0.25, 0.3) is 0 Å². The van der Waals surface area contributed by atoms with Crippen molar-refractivity contribution in [1.82, 2.24) is 5.32 Å². The molecule has 0 bridgehead atoms. The molecule has 0 aromatic carbocycles. The minimum Gasteiger partial charge on any atom is -0.362 e. The van der Waals surface area contributed by atoms with E-state index in [1.165, 1.54) is 6.42 Å². The van der Waals surface area contributed by atoms with Gasteiger partial charge < -0.3 is 5.32 Å². The second-order valence-corrected chi connectivity index (χ2v) is 8.87. The largest absolute Gasteiger partial charge is 0.362 e. The average molecular weight is 290 g/mol. The molecule has 106 valence electrons. The van der Waals surface area contributed by atoms with Gasteiger partial charge in [0.05, 0.1) is 0 Å². The average Bonchev–Trinajstić information content (AvgIpc) is 2.28. The van der Waals surface area contributed by atoms with Crippen LogP contribution in [-0.4, -0.2) is 39.2 Å². The molecule has 3 nitrogen and oxygen atoms in total. The molecule has 1 heterocycles. The third-order valence-electron chi connectivity index (χ3n) is 3.35. The summed E-state index contributed by atoms with van der Waals surface area (Å²) in [4.78, 5) is 4.60. The molecule has 1 fully saturated rings. The fraction of sp³-hybridized carbons (Fsp3) is 0.923. The number of rotatable bonds is 4. The smallest absolute Gasteiger partial charge is 0.156 e. The Hall–Kier alpha value is -0.0300. The summed E-state index contributed by atoms with van der Waals surface area (Å²) >= 11 is 1.81. The van der Waals surface area contributed by atoms with Crippen LogP contribution in [0.2, 0.25) is 0 Å². The molecule has 3 atom stereocenters. The predicted octanol–water partition coefficient (Wildman–Crippen LogP) is 2.64. The highest BCUT2D eigenvalue weighted by atomic mass is 32.2. The molecule has 5 heteroatoms. The normalized spacial score (nSPS) is 26.7. The van der Waals surface area contributed by atoms with Crippen molar-refractivity contribution in [3.63, 3.8) is 0 Å². The lowest BCUT2D eigenvalue weighted by atomic mass is 9.85. The van der Waals surface area contributed by atoms with Gasteiger partial charge in [0.2, 0.25) is 0 Å². The zero-order valence-electron chi connectivity index (χ0n) is 12.2. The van der Waals surface area contributed by atoms with Crippen LogP contribution in [0.15, 0.2) is 4.99 Å². The molecule has 3 unspecified atom stereocenters. The van der Waals surface area contributed by atoms with Gasteiger partial charge in [-0.1, -0.05) is 39.5 Å². The van der Waals surface area contributed by atoms with Crippen LogP contribution in [0.3, 0.4) is 0 Å². The predicted molar refractivity (Wildman–Crippen MR) is 83.9 cm³/mol. The van der Waals surface area contributed by atoms with Crippen molar-refractivity contribution in [1.29, 1.82) is 0 Å². The number of hydrogen-bond donors (Lipinski definition) is 1. The molecule has 1 aliphatic rings. The number of nitrogens with one attached hydrogen (secondary N) is 1. The second-order valence-electron chi connectivity index (χ2n) is 5.98. The molecular formula is C13H26N2OS2. The maximum absolute atomic E-state index is 11.3. The van der Waals surface area contributed by atoms with E-state index in [0.717, 1.165) is 23.9 Å². The van der Waals surface area contributed by atoms with Crippen LogP contribution in [0, 0.1) is 5.41 Å². The summed E-state index contributed by atoms with van der Waals surface area (Å²) in [6.45, 7) is 9.59. The Morgan fingerprint density at radius 2 is 2.22 bits per heavy atom. The van der Waals surface area contributed by atoms with Crippen molar-refractivity contribution in [2.45, 2.75) is 51.8 Å². The molecule has 0 amide bonds. The van der Waals surface area contributed by atoms with E-state index in [4.69, 9.17) is 0 Å². The molecular weight excluding hydrogens is 264 g/mol. The Labute approximate surface area is 118 Å². The zero-order chi connectivity index (χ0) is 13.8. The summed E-state index contributed by atoms with van der Waals surface area (Å²) in [7, 11) is -0.734. The summed E-state index contributed by atoms with van der Waals surface area (Å²) < 4.78 is 11.3. The van der Waals surface area contributed by atoms with E-state index in [-0.39, 0.29) is 10.7 Å². The number of aliphatic imine (C=N–C) groups is 1. The first kappa shape index (κ1) is 16.0. The highest BCUT2D eigenvalue weighted by Crippen LogP contribution is 2.27. The van der Waals surface area contributed by atoms with Crippen molar-refractivity contribution in [2.24, 2.45) is 10.4 Å². The Kier molecular flexibility index (Phi) is 6.18. The minimum absolute atomic E-state index is 0.237. The van der Waals surface area contributed by atoms with Crippen LogP contribution < -0.4 is 5.32 Å². The van der Waals surface area contributed by atoms with E-state index in [1.54, 1.807) is 18.0 Å². The number of thioether (sulfide) groups is 1. The molecule has 1 saturated heterocycles. The van der Waals surface area contributed by atoms with E-state index >= 15 is 0 Å². The third kappa shape index (κ3) is 5.31. The topological polar surface area (TPSA) is 41.5 Å². The van der Waals surface area contributed by atoms with E-state index < -0.39 is 10.8 Å². The highest BCUT2D eigenvalue weighted by Gasteiger charge is 2.28.